The van der Waals surface area contributed by atoms with E-state index in [-0.39, 0.29) is 23.4 Å². The minimum atomic E-state index is -3.87. The first-order chi connectivity index (χ1) is 25.4. The molecule has 53 heavy (non-hydrogen) atoms. The maximum absolute atomic E-state index is 15.1. The number of nitrogens with zero attached hydrogens (tertiary/aromatic N) is 6. The van der Waals surface area contributed by atoms with Gasteiger partial charge in [-0.05, 0) is 79.8 Å². The Labute approximate surface area is 321 Å². The first-order valence-electron chi connectivity index (χ1n) is 17.9. The highest BCUT2D eigenvalue weighted by molar-refractivity contribution is 7.89. The minimum absolute atomic E-state index is 0.157. The molecule has 284 valence electrons. The number of likely N-dealkylation sites (N-methyl/N-ethyl adjacent to an activating group) is 1. The van der Waals surface area contributed by atoms with Gasteiger partial charge in [0.25, 0.3) is 5.91 Å². The number of benzene rings is 3. The van der Waals surface area contributed by atoms with Gasteiger partial charge in [-0.2, -0.15) is 4.31 Å². The third kappa shape index (κ3) is 8.35. The van der Waals surface area contributed by atoms with Crippen LogP contribution in [0.25, 0.3) is 0 Å². The molecule has 6 rings (SSSR count). The van der Waals surface area contributed by atoms with Crippen molar-refractivity contribution < 1.29 is 27.6 Å². The number of hydrogen-bond donors (Lipinski definition) is 0. The SMILES string of the molecule is CCOc1cc(C)c(S(=O)(=O)N2CCCCC2)cc1C1=N[C@@H](c2ccc(Cl)cc2)[C@@H](c2ccc(Cl)cc2)N1C(=O)N1CCN(CC(=O)N(C)OC)CC1. The van der Waals surface area contributed by atoms with E-state index in [1.54, 1.807) is 64.5 Å². The lowest BCUT2D eigenvalue weighted by Crippen LogP contribution is -2.55. The highest BCUT2D eigenvalue weighted by atomic mass is 35.5. The molecule has 2 atom stereocenters. The van der Waals surface area contributed by atoms with E-state index in [2.05, 4.69) is 0 Å². The maximum atomic E-state index is 15.1. The molecule has 15 heteroatoms. The van der Waals surface area contributed by atoms with Crippen LogP contribution < -0.4 is 4.74 Å². The number of urea groups is 1. The lowest BCUT2D eigenvalue weighted by molar-refractivity contribution is -0.170. The largest absolute Gasteiger partial charge is 0.493 e. The lowest BCUT2D eigenvalue weighted by atomic mass is 9.93. The standard InChI is InChI=1S/C38H46Cl2N6O6S/c1-5-52-32-23-26(2)33(53(49,50)45-17-7-6-8-18-45)24-31(32)37-41-35(27-9-13-29(39)14-10-27)36(28-11-15-30(40)16-12-28)46(37)38(48)44-21-19-43(20-22-44)25-34(47)42(3)51-4/h9-16,23-24,35-36H,5-8,17-22,25H2,1-4H3/t35-,36+/m0/s1. The first kappa shape index (κ1) is 39.0. The Morgan fingerprint density at radius 1 is 0.887 bits per heavy atom. The Balaban J connectivity index is 1.47. The zero-order chi connectivity index (χ0) is 37.9. The van der Waals surface area contributed by atoms with Crippen LogP contribution in [0.5, 0.6) is 5.75 Å². The fourth-order valence-electron chi connectivity index (χ4n) is 7.13. The number of carbonyl (C=O) groups excluding carboxylic acids is 2. The van der Waals surface area contributed by atoms with E-state index in [9.17, 15) is 13.2 Å². The van der Waals surface area contributed by atoms with Gasteiger partial charge >= 0.3 is 6.03 Å². The second-order valence-corrected chi connectivity index (χ2v) is 16.2. The van der Waals surface area contributed by atoms with Crippen LogP contribution in [0, 0.1) is 6.92 Å². The minimum Gasteiger partial charge on any atom is -0.493 e. The first-order valence-corrected chi connectivity index (χ1v) is 20.1. The molecule has 0 spiro atoms. The van der Waals surface area contributed by atoms with E-state index in [1.807, 2.05) is 36.1 Å². The smallest absolute Gasteiger partial charge is 0.326 e. The number of aliphatic imine (C=N–C) groups is 1. The summed E-state index contributed by atoms with van der Waals surface area (Å²) in [5, 5.41) is 2.29. The topological polar surface area (TPSA) is 115 Å². The van der Waals surface area contributed by atoms with Gasteiger partial charge in [-0.15, -0.1) is 0 Å². The van der Waals surface area contributed by atoms with Crippen molar-refractivity contribution in [3.05, 3.63) is 93.0 Å². The third-order valence-corrected chi connectivity index (χ3v) is 12.6. The third-order valence-electron chi connectivity index (χ3n) is 10.1. The molecule has 3 heterocycles. The number of amidine groups is 1. The Morgan fingerprint density at radius 3 is 2.08 bits per heavy atom. The Bertz CT molecular complexity index is 1930. The quantitative estimate of drug-likeness (QED) is 0.226. The lowest BCUT2D eigenvalue weighted by Gasteiger charge is -2.39. The molecule has 3 aliphatic heterocycles. The Morgan fingerprint density at radius 2 is 1.49 bits per heavy atom. The normalized spacial score (nSPS) is 20.0. The Hall–Kier alpha value is -3.72. The molecule has 3 amide bonds. The highest BCUT2D eigenvalue weighted by Gasteiger charge is 2.45. The number of aryl methyl sites for hydroxylation is 1. The molecule has 0 aromatic heterocycles. The number of hydrogen-bond acceptors (Lipinski definition) is 8. The van der Waals surface area contributed by atoms with Crippen molar-refractivity contribution in [1.29, 1.82) is 0 Å². The van der Waals surface area contributed by atoms with E-state index < -0.39 is 22.1 Å². The van der Waals surface area contributed by atoms with Gasteiger partial charge in [-0.3, -0.25) is 24.4 Å². The van der Waals surface area contributed by atoms with Crippen molar-refractivity contribution in [3.8, 4) is 5.75 Å². The number of piperazine rings is 1. The summed E-state index contributed by atoms with van der Waals surface area (Å²) in [7, 11) is -0.861. The van der Waals surface area contributed by atoms with Crippen molar-refractivity contribution in [2.24, 2.45) is 4.99 Å². The van der Waals surface area contributed by atoms with Gasteiger partial charge < -0.3 is 9.64 Å². The zero-order valence-corrected chi connectivity index (χ0v) is 32.8. The van der Waals surface area contributed by atoms with Crippen LogP contribution in [0.15, 0.2) is 70.6 Å². The van der Waals surface area contributed by atoms with Crippen molar-refractivity contribution in [1.82, 2.24) is 24.1 Å². The number of ether oxygens (including phenoxy) is 1. The average Bonchev–Trinajstić information content (AvgIpc) is 3.55. The summed E-state index contributed by atoms with van der Waals surface area (Å²) in [5.74, 6) is 0.539. The molecule has 0 N–H and O–H groups in total. The van der Waals surface area contributed by atoms with Crippen molar-refractivity contribution in [3.63, 3.8) is 0 Å². The summed E-state index contributed by atoms with van der Waals surface area (Å²) < 4.78 is 36.1. The van der Waals surface area contributed by atoms with Gasteiger partial charge in [0.15, 0.2) is 0 Å². The summed E-state index contributed by atoms with van der Waals surface area (Å²) in [6, 6.07) is 16.5. The molecule has 0 radical (unpaired) electrons. The van der Waals surface area contributed by atoms with E-state index in [0.29, 0.717) is 78.6 Å². The molecule has 12 nitrogen and oxygen atoms in total. The maximum Gasteiger partial charge on any atom is 0.326 e. The molecule has 0 bridgehead atoms. The number of rotatable bonds is 10. The van der Waals surface area contributed by atoms with Crippen molar-refractivity contribution >= 4 is 51.0 Å². The molecule has 3 aromatic carbocycles. The molecule has 3 aromatic rings. The number of carbonyl (C=O) groups is 2. The van der Waals surface area contributed by atoms with Gasteiger partial charge in [-0.25, -0.2) is 18.3 Å². The fraction of sp³-hybridized carbons (Fsp3) is 0.447. The van der Waals surface area contributed by atoms with Gasteiger partial charge in [0, 0.05) is 56.4 Å². The van der Waals surface area contributed by atoms with Crippen LogP contribution in [0.2, 0.25) is 10.0 Å². The van der Waals surface area contributed by atoms with Crippen LogP contribution >= 0.6 is 23.2 Å². The summed E-state index contributed by atoms with van der Waals surface area (Å²) >= 11 is 12.7. The van der Waals surface area contributed by atoms with Crippen LogP contribution in [-0.4, -0.2) is 117 Å². The number of amides is 3. The zero-order valence-electron chi connectivity index (χ0n) is 30.5. The molecule has 0 aliphatic carbocycles. The molecule has 2 fully saturated rings. The molecular formula is C38H46Cl2N6O6S. The number of hydroxylamine groups is 2. The monoisotopic (exact) mass is 784 g/mol. The Kier molecular flexibility index (Phi) is 12.3. The summed E-state index contributed by atoms with van der Waals surface area (Å²) in [6.45, 7) is 6.64. The van der Waals surface area contributed by atoms with Crippen LogP contribution in [0.1, 0.15) is 60.5 Å². The second kappa shape index (κ2) is 16.7. The molecule has 3 aliphatic rings. The highest BCUT2D eigenvalue weighted by Crippen LogP contribution is 2.46. The number of sulfonamides is 1. The summed E-state index contributed by atoms with van der Waals surface area (Å²) in [4.78, 5) is 43.5. The van der Waals surface area contributed by atoms with E-state index in [1.165, 1.54) is 12.2 Å². The molecule has 0 unspecified atom stereocenters. The van der Waals surface area contributed by atoms with Crippen LogP contribution in [-0.2, 0) is 19.7 Å². The van der Waals surface area contributed by atoms with E-state index in [0.717, 1.165) is 30.4 Å². The number of piperidine rings is 1. The van der Waals surface area contributed by atoms with Gasteiger partial charge in [0.05, 0.1) is 36.8 Å². The fourth-order valence-corrected chi connectivity index (χ4v) is 9.13. The predicted octanol–water partition coefficient (Wildman–Crippen LogP) is 6.18. The van der Waals surface area contributed by atoms with Crippen molar-refractivity contribution in [2.75, 3.05) is 66.6 Å². The van der Waals surface area contributed by atoms with Gasteiger partial charge in [-0.1, -0.05) is 53.9 Å². The molecular weight excluding hydrogens is 739 g/mol. The predicted molar refractivity (Wildman–Crippen MR) is 205 cm³/mol. The van der Waals surface area contributed by atoms with Crippen LogP contribution in [0.4, 0.5) is 4.79 Å². The average molecular weight is 786 g/mol. The van der Waals surface area contributed by atoms with Gasteiger partial charge in [0.2, 0.25) is 10.0 Å². The number of halogens is 2. The van der Waals surface area contributed by atoms with Crippen LogP contribution in [0.3, 0.4) is 0 Å². The van der Waals surface area contributed by atoms with E-state index in [4.69, 9.17) is 37.8 Å². The summed E-state index contributed by atoms with van der Waals surface area (Å²) in [6.07, 6.45) is 2.58. The van der Waals surface area contributed by atoms with Gasteiger partial charge in [0.1, 0.15) is 17.6 Å². The summed E-state index contributed by atoms with van der Waals surface area (Å²) in [5.41, 5.74) is 2.56. The van der Waals surface area contributed by atoms with Crippen molar-refractivity contribution in [2.45, 2.75) is 50.1 Å². The molecule has 2 saturated heterocycles. The van der Waals surface area contributed by atoms with E-state index >= 15 is 4.79 Å². The molecule has 0 saturated carbocycles. The second-order valence-electron chi connectivity index (χ2n) is 13.4.